The Hall–Kier alpha value is -2.43. The number of hydrogen-bond donors (Lipinski definition) is 1. The normalized spacial score (nSPS) is 11.8. The van der Waals surface area contributed by atoms with Gasteiger partial charge in [0, 0.05) is 26.0 Å². The summed E-state index contributed by atoms with van der Waals surface area (Å²) in [6.45, 7) is 4.91. The molecule has 5 heteroatoms. The summed E-state index contributed by atoms with van der Waals surface area (Å²) >= 11 is 0. The summed E-state index contributed by atoms with van der Waals surface area (Å²) in [5.74, 6) is 0.482. The third-order valence-corrected chi connectivity index (χ3v) is 3.74. The maximum absolute atomic E-state index is 12.2. The van der Waals surface area contributed by atoms with Crippen LogP contribution in [0.3, 0.4) is 0 Å². The lowest BCUT2D eigenvalue weighted by molar-refractivity contribution is 0.0792. The van der Waals surface area contributed by atoms with Gasteiger partial charge in [-0.25, -0.2) is 9.97 Å². The molecule has 122 valence electrons. The third kappa shape index (κ3) is 4.77. The Labute approximate surface area is 137 Å². The summed E-state index contributed by atoms with van der Waals surface area (Å²) in [5.41, 5.74) is 1.68. The van der Waals surface area contributed by atoms with Crippen LogP contribution in [-0.2, 0) is 0 Å². The maximum atomic E-state index is 12.2. The number of carbonyl (C=O) groups is 1. The average Bonchev–Trinajstić information content (AvgIpc) is 2.60. The van der Waals surface area contributed by atoms with Gasteiger partial charge in [-0.05, 0) is 18.9 Å². The molecule has 1 N–H and O–H groups in total. The molecule has 0 aliphatic carbocycles. The molecule has 1 unspecified atom stereocenters. The second kappa shape index (κ2) is 8.27. The Bertz CT molecular complexity index is 613. The fourth-order valence-electron chi connectivity index (χ4n) is 2.25. The minimum Gasteiger partial charge on any atom is -0.348 e. The largest absolute Gasteiger partial charge is 0.348 e. The lowest BCUT2D eigenvalue weighted by Gasteiger charge is -2.17. The van der Waals surface area contributed by atoms with Gasteiger partial charge in [-0.15, -0.1) is 0 Å². The molecule has 0 aliphatic heterocycles. The van der Waals surface area contributed by atoms with Crippen molar-refractivity contribution in [1.29, 1.82) is 0 Å². The monoisotopic (exact) mass is 312 g/mol. The second-order valence-electron chi connectivity index (χ2n) is 5.65. The lowest BCUT2D eigenvalue weighted by Crippen LogP contribution is -2.28. The van der Waals surface area contributed by atoms with E-state index in [4.69, 9.17) is 0 Å². The molecule has 0 bridgehead atoms. The first-order valence-corrected chi connectivity index (χ1v) is 8.00. The number of nitrogens with zero attached hydrogens (tertiary/aromatic N) is 3. The number of rotatable bonds is 7. The van der Waals surface area contributed by atoms with Crippen LogP contribution in [0.1, 0.15) is 48.7 Å². The van der Waals surface area contributed by atoms with Crippen LogP contribution >= 0.6 is 0 Å². The van der Waals surface area contributed by atoms with E-state index in [2.05, 4.69) is 41.3 Å². The molecule has 0 saturated heterocycles. The molecule has 1 heterocycles. The van der Waals surface area contributed by atoms with Crippen LogP contribution in [0.25, 0.3) is 0 Å². The Morgan fingerprint density at radius 2 is 1.87 bits per heavy atom. The maximum Gasteiger partial charge on any atom is 0.256 e. The van der Waals surface area contributed by atoms with Gasteiger partial charge in [-0.2, -0.15) is 0 Å². The minimum atomic E-state index is -0.0406. The highest BCUT2D eigenvalue weighted by Crippen LogP contribution is 2.16. The van der Waals surface area contributed by atoms with Crippen molar-refractivity contribution < 1.29 is 4.79 Å². The van der Waals surface area contributed by atoms with E-state index in [1.54, 1.807) is 17.3 Å². The van der Waals surface area contributed by atoms with Gasteiger partial charge in [0.1, 0.15) is 0 Å². The fourth-order valence-corrected chi connectivity index (χ4v) is 2.25. The van der Waals surface area contributed by atoms with Gasteiger partial charge in [0.2, 0.25) is 5.95 Å². The Morgan fingerprint density at radius 3 is 2.48 bits per heavy atom. The summed E-state index contributed by atoms with van der Waals surface area (Å²) in [6, 6.07) is 10.2. The van der Waals surface area contributed by atoms with Gasteiger partial charge >= 0.3 is 0 Å². The van der Waals surface area contributed by atoms with Crippen molar-refractivity contribution in [2.24, 2.45) is 0 Å². The second-order valence-corrected chi connectivity index (χ2v) is 5.65. The summed E-state index contributed by atoms with van der Waals surface area (Å²) in [6.07, 6.45) is 5.22. The zero-order valence-corrected chi connectivity index (χ0v) is 14.0. The van der Waals surface area contributed by atoms with Crippen molar-refractivity contribution in [1.82, 2.24) is 14.9 Å². The van der Waals surface area contributed by atoms with E-state index in [1.807, 2.05) is 25.2 Å². The van der Waals surface area contributed by atoms with E-state index in [1.165, 1.54) is 0 Å². The fraction of sp³-hybridized carbons (Fsp3) is 0.389. The lowest BCUT2D eigenvalue weighted by atomic mass is 10.1. The van der Waals surface area contributed by atoms with E-state index >= 15 is 0 Å². The highest BCUT2D eigenvalue weighted by atomic mass is 16.2. The third-order valence-electron chi connectivity index (χ3n) is 3.74. The molecular formula is C18H24N4O. The molecule has 1 amide bonds. The van der Waals surface area contributed by atoms with Crippen molar-refractivity contribution in [2.75, 3.05) is 18.9 Å². The number of hydrogen-bond acceptors (Lipinski definition) is 4. The topological polar surface area (TPSA) is 58.1 Å². The first-order valence-electron chi connectivity index (χ1n) is 8.00. The number of aromatic nitrogens is 2. The van der Waals surface area contributed by atoms with Gasteiger partial charge in [-0.3, -0.25) is 4.79 Å². The van der Waals surface area contributed by atoms with Crippen LogP contribution in [0.5, 0.6) is 0 Å². The van der Waals surface area contributed by atoms with E-state index < -0.39 is 0 Å². The molecule has 5 nitrogen and oxygen atoms in total. The molecule has 0 saturated carbocycles. The predicted octanol–water partition coefficient (Wildman–Crippen LogP) is 3.52. The smallest absolute Gasteiger partial charge is 0.256 e. The molecule has 0 fully saturated rings. The Kier molecular flexibility index (Phi) is 6.09. The van der Waals surface area contributed by atoms with E-state index in [-0.39, 0.29) is 11.9 Å². The standard InChI is InChI=1S/C18H24N4O/c1-4-5-11-22(3)17(23)16-12-19-18(20-13-16)21-14(2)15-9-7-6-8-10-15/h6-10,12-14H,4-5,11H2,1-3H3,(H,19,20,21). The Morgan fingerprint density at radius 1 is 1.22 bits per heavy atom. The number of benzene rings is 1. The van der Waals surface area contributed by atoms with Crippen molar-refractivity contribution in [3.63, 3.8) is 0 Å². The number of nitrogens with one attached hydrogen (secondary N) is 1. The summed E-state index contributed by atoms with van der Waals surface area (Å²) in [7, 11) is 1.81. The number of amides is 1. The van der Waals surface area contributed by atoms with Gasteiger partial charge in [-0.1, -0.05) is 43.7 Å². The van der Waals surface area contributed by atoms with Crippen molar-refractivity contribution in [2.45, 2.75) is 32.7 Å². The van der Waals surface area contributed by atoms with Crippen molar-refractivity contribution in [3.05, 3.63) is 53.9 Å². The molecule has 2 aromatic rings. The molecule has 2 rings (SSSR count). The molecule has 1 aromatic heterocycles. The molecule has 0 spiro atoms. The van der Waals surface area contributed by atoms with Gasteiger partial charge in [0.25, 0.3) is 5.91 Å². The van der Waals surface area contributed by atoms with E-state index in [9.17, 15) is 4.79 Å². The minimum absolute atomic E-state index is 0.0406. The molecule has 1 atom stereocenters. The summed E-state index contributed by atoms with van der Waals surface area (Å²) in [5, 5.41) is 3.24. The molecule has 1 aromatic carbocycles. The highest BCUT2D eigenvalue weighted by molar-refractivity contribution is 5.93. The highest BCUT2D eigenvalue weighted by Gasteiger charge is 2.13. The van der Waals surface area contributed by atoms with Gasteiger partial charge < -0.3 is 10.2 Å². The van der Waals surface area contributed by atoms with Crippen LogP contribution in [0.4, 0.5) is 5.95 Å². The number of anilines is 1. The van der Waals surface area contributed by atoms with Crippen LogP contribution in [0.15, 0.2) is 42.7 Å². The molecule has 0 aliphatic rings. The molecule has 23 heavy (non-hydrogen) atoms. The summed E-state index contributed by atoms with van der Waals surface area (Å²) in [4.78, 5) is 22.5. The van der Waals surface area contributed by atoms with Crippen molar-refractivity contribution in [3.8, 4) is 0 Å². The van der Waals surface area contributed by atoms with Gasteiger partial charge in [0.15, 0.2) is 0 Å². The van der Waals surface area contributed by atoms with Crippen LogP contribution in [0, 0.1) is 0 Å². The molecular weight excluding hydrogens is 288 g/mol. The summed E-state index contributed by atoms with van der Waals surface area (Å²) < 4.78 is 0. The zero-order chi connectivity index (χ0) is 16.7. The number of unbranched alkanes of at least 4 members (excludes halogenated alkanes) is 1. The van der Waals surface area contributed by atoms with Crippen molar-refractivity contribution >= 4 is 11.9 Å². The first kappa shape index (κ1) is 16.9. The van der Waals surface area contributed by atoms with Crippen LogP contribution in [-0.4, -0.2) is 34.4 Å². The molecule has 0 radical (unpaired) electrons. The zero-order valence-electron chi connectivity index (χ0n) is 14.0. The average molecular weight is 312 g/mol. The van der Waals surface area contributed by atoms with E-state index in [0.29, 0.717) is 11.5 Å². The first-order chi connectivity index (χ1) is 11.1. The quantitative estimate of drug-likeness (QED) is 0.850. The predicted molar refractivity (Wildman–Crippen MR) is 92.4 cm³/mol. The number of carbonyl (C=O) groups excluding carboxylic acids is 1. The Balaban J connectivity index is 1.98. The van der Waals surface area contributed by atoms with Gasteiger partial charge in [0.05, 0.1) is 11.6 Å². The van der Waals surface area contributed by atoms with Crippen LogP contribution < -0.4 is 5.32 Å². The SMILES string of the molecule is CCCCN(C)C(=O)c1cnc(NC(C)c2ccccc2)nc1. The van der Waals surface area contributed by atoms with Crippen LogP contribution in [0.2, 0.25) is 0 Å². The van der Waals surface area contributed by atoms with E-state index in [0.717, 1.165) is 24.9 Å².